The second-order valence-corrected chi connectivity index (χ2v) is 8.67. The van der Waals surface area contributed by atoms with Crippen LogP contribution in [0.15, 0.2) is 42.5 Å². The molecule has 2 aromatic carbocycles. The van der Waals surface area contributed by atoms with E-state index in [4.69, 9.17) is 9.47 Å². The van der Waals surface area contributed by atoms with E-state index in [9.17, 15) is 5.11 Å². The third kappa shape index (κ3) is 2.60. The van der Waals surface area contributed by atoms with Crippen LogP contribution in [0.1, 0.15) is 29.9 Å². The van der Waals surface area contributed by atoms with E-state index in [1.807, 2.05) is 0 Å². The number of phenols is 1. The quantitative estimate of drug-likeness (QED) is 0.889. The first-order valence-corrected chi connectivity index (χ1v) is 10.4. The van der Waals surface area contributed by atoms with Gasteiger partial charge in [-0.15, -0.1) is 0 Å². The Hall–Kier alpha value is -2.24. The van der Waals surface area contributed by atoms with E-state index in [1.165, 1.54) is 37.1 Å². The molecule has 0 radical (unpaired) electrons. The summed E-state index contributed by atoms with van der Waals surface area (Å²) in [5, 5.41) is 9.62. The molecule has 1 N–H and O–H groups in total. The first kappa shape index (κ1) is 16.7. The van der Waals surface area contributed by atoms with Gasteiger partial charge in [-0.05, 0) is 67.2 Å². The number of rotatable bonds is 3. The zero-order valence-electron chi connectivity index (χ0n) is 16.0. The summed E-state index contributed by atoms with van der Waals surface area (Å²) in [4.78, 5) is 5.43. The van der Waals surface area contributed by atoms with E-state index < -0.39 is 0 Å². The van der Waals surface area contributed by atoms with Gasteiger partial charge in [-0.25, -0.2) is 0 Å². The highest BCUT2D eigenvalue weighted by Crippen LogP contribution is 2.48. The average molecular weight is 378 g/mol. The van der Waals surface area contributed by atoms with Gasteiger partial charge >= 0.3 is 0 Å². The van der Waals surface area contributed by atoms with Gasteiger partial charge in [0.25, 0.3) is 0 Å². The monoisotopic (exact) mass is 378 g/mol. The topological polar surface area (TPSA) is 45.2 Å². The molecular weight excluding hydrogens is 352 g/mol. The Balaban J connectivity index is 1.33. The maximum absolute atomic E-state index is 9.62. The number of nitrogens with zero attached hydrogens (tertiary/aromatic N) is 2. The van der Waals surface area contributed by atoms with Gasteiger partial charge < -0.3 is 14.6 Å². The van der Waals surface area contributed by atoms with E-state index in [0.717, 1.165) is 30.5 Å². The lowest BCUT2D eigenvalue weighted by Gasteiger charge is -2.51. The molecule has 5 nitrogen and oxygen atoms in total. The van der Waals surface area contributed by atoms with Crippen molar-refractivity contribution in [3.8, 4) is 17.2 Å². The first-order valence-electron chi connectivity index (χ1n) is 10.4. The maximum Gasteiger partial charge on any atom is 0.231 e. The lowest BCUT2D eigenvalue weighted by molar-refractivity contribution is -0.00869. The number of hydrogen-bond donors (Lipinski definition) is 1. The molecule has 3 atom stereocenters. The van der Waals surface area contributed by atoms with E-state index in [-0.39, 0.29) is 0 Å². The minimum Gasteiger partial charge on any atom is -0.508 e. The van der Waals surface area contributed by atoms with Crippen LogP contribution in [0.2, 0.25) is 0 Å². The molecule has 5 heterocycles. The molecule has 4 fully saturated rings. The number of phenolic OH excluding ortho intramolecular Hbond substituents is 1. The highest BCUT2D eigenvalue weighted by atomic mass is 16.7. The molecule has 5 heteroatoms. The summed E-state index contributed by atoms with van der Waals surface area (Å²) in [7, 11) is 0. The summed E-state index contributed by atoms with van der Waals surface area (Å²) in [6.45, 7) is 4.83. The van der Waals surface area contributed by atoms with Gasteiger partial charge in [0.05, 0.1) is 0 Å². The fourth-order valence-electron chi connectivity index (χ4n) is 6.00. The van der Waals surface area contributed by atoms with Crippen molar-refractivity contribution in [1.29, 1.82) is 0 Å². The predicted molar refractivity (Wildman–Crippen MR) is 106 cm³/mol. The molecule has 0 amide bonds. The number of piperidine rings is 3. The van der Waals surface area contributed by atoms with E-state index in [2.05, 4.69) is 40.1 Å². The summed E-state index contributed by atoms with van der Waals surface area (Å²) < 4.78 is 11.2. The van der Waals surface area contributed by atoms with Crippen LogP contribution in [0.5, 0.6) is 17.2 Å². The molecule has 2 aromatic rings. The number of aromatic hydroxyl groups is 1. The first-order chi connectivity index (χ1) is 13.8. The van der Waals surface area contributed by atoms with Crippen molar-refractivity contribution in [3.05, 3.63) is 53.6 Å². The number of benzene rings is 2. The lowest BCUT2D eigenvalue weighted by Crippen LogP contribution is -2.59. The molecular formula is C23H26N2O3. The molecule has 0 saturated carbocycles. The zero-order chi connectivity index (χ0) is 18.7. The Morgan fingerprint density at radius 3 is 2.54 bits per heavy atom. The van der Waals surface area contributed by atoms with Gasteiger partial charge in [-0.2, -0.15) is 0 Å². The Morgan fingerprint density at radius 2 is 1.71 bits per heavy atom. The van der Waals surface area contributed by atoms with Crippen LogP contribution in [0.25, 0.3) is 0 Å². The van der Waals surface area contributed by atoms with Crippen LogP contribution in [0.3, 0.4) is 0 Å². The van der Waals surface area contributed by atoms with Crippen molar-refractivity contribution in [3.63, 3.8) is 0 Å². The number of fused-ring (bicyclic) bond motifs is 3. The minimum atomic E-state index is 0.330. The van der Waals surface area contributed by atoms with Gasteiger partial charge in [-0.1, -0.05) is 18.2 Å². The fraction of sp³-hybridized carbons (Fsp3) is 0.478. The molecule has 0 aromatic heterocycles. The van der Waals surface area contributed by atoms with Crippen molar-refractivity contribution in [1.82, 2.24) is 9.80 Å². The maximum atomic E-state index is 9.62. The summed E-state index contributed by atoms with van der Waals surface area (Å²) in [5.41, 5.74) is 2.65. The predicted octanol–water partition coefficient (Wildman–Crippen LogP) is 3.18. The normalized spacial score (nSPS) is 33.2. The van der Waals surface area contributed by atoms with Crippen LogP contribution in [-0.4, -0.2) is 53.4 Å². The van der Waals surface area contributed by atoms with Gasteiger partial charge in [0, 0.05) is 31.1 Å². The van der Waals surface area contributed by atoms with Crippen molar-refractivity contribution in [2.75, 3.05) is 26.4 Å². The zero-order valence-corrected chi connectivity index (χ0v) is 16.0. The number of likely N-dealkylation sites (tertiary alicyclic amines) is 1. The number of ether oxygens (including phenoxy) is 2. The SMILES string of the molecule is Oc1ccc(CN2C[C@@H](c3ccc4c(c3)OCO4)[C@@H]3[C@H]2C2CCN3CC2)cc1. The Morgan fingerprint density at radius 1 is 0.929 bits per heavy atom. The van der Waals surface area contributed by atoms with Gasteiger partial charge in [0.2, 0.25) is 6.79 Å². The Labute approximate surface area is 165 Å². The van der Waals surface area contributed by atoms with Crippen molar-refractivity contribution in [2.24, 2.45) is 5.92 Å². The smallest absolute Gasteiger partial charge is 0.231 e. The second kappa shape index (κ2) is 6.39. The molecule has 28 heavy (non-hydrogen) atoms. The molecule has 2 bridgehead atoms. The molecule has 7 rings (SSSR count). The number of hydrogen-bond acceptors (Lipinski definition) is 5. The van der Waals surface area contributed by atoms with Crippen LogP contribution < -0.4 is 9.47 Å². The van der Waals surface area contributed by atoms with Crippen LogP contribution >= 0.6 is 0 Å². The Kier molecular flexibility index (Phi) is 3.81. The summed E-state index contributed by atoms with van der Waals surface area (Å²) in [6.07, 6.45) is 2.64. The molecule has 0 spiro atoms. The summed E-state index contributed by atoms with van der Waals surface area (Å²) >= 11 is 0. The molecule has 4 saturated heterocycles. The molecule has 0 aliphatic carbocycles. The minimum absolute atomic E-state index is 0.330. The van der Waals surface area contributed by atoms with E-state index >= 15 is 0 Å². The summed E-state index contributed by atoms with van der Waals surface area (Å²) in [6, 6.07) is 15.4. The highest BCUT2D eigenvalue weighted by molar-refractivity contribution is 5.46. The average Bonchev–Trinajstić information content (AvgIpc) is 3.36. The lowest BCUT2D eigenvalue weighted by atomic mass is 9.75. The standard InChI is InChI=1S/C23H26N2O3/c26-18-4-1-15(2-5-18)12-25-13-19(17-3-6-20-21(11-17)28-14-27-20)23-22(25)16-7-9-24(23)10-8-16/h1-6,11,16,19,22-23,26H,7-10,12-14H2/t19-,22+,23+/m0/s1. The molecule has 146 valence electrons. The van der Waals surface area contributed by atoms with Crippen LogP contribution in [0.4, 0.5) is 0 Å². The Bertz CT molecular complexity index is 876. The molecule has 5 aliphatic heterocycles. The largest absolute Gasteiger partial charge is 0.508 e. The van der Waals surface area contributed by atoms with E-state index in [0.29, 0.717) is 30.5 Å². The fourth-order valence-corrected chi connectivity index (χ4v) is 6.00. The highest BCUT2D eigenvalue weighted by Gasteiger charge is 2.53. The van der Waals surface area contributed by atoms with Crippen molar-refractivity contribution >= 4 is 0 Å². The van der Waals surface area contributed by atoms with Crippen molar-refractivity contribution < 1.29 is 14.6 Å². The third-order valence-corrected chi connectivity index (χ3v) is 7.24. The van der Waals surface area contributed by atoms with Crippen LogP contribution in [0, 0.1) is 5.92 Å². The second-order valence-electron chi connectivity index (χ2n) is 8.67. The van der Waals surface area contributed by atoms with Crippen molar-refractivity contribution in [2.45, 2.75) is 37.4 Å². The van der Waals surface area contributed by atoms with E-state index in [1.54, 1.807) is 12.1 Å². The molecule has 5 aliphatic rings. The molecule has 0 unspecified atom stereocenters. The van der Waals surface area contributed by atoms with Gasteiger partial charge in [0.1, 0.15) is 5.75 Å². The van der Waals surface area contributed by atoms with Gasteiger partial charge in [0.15, 0.2) is 11.5 Å². The van der Waals surface area contributed by atoms with Crippen LogP contribution in [-0.2, 0) is 6.54 Å². The van der Waals surface area contributed by atoms with Gasteiger partial charge in [-0.3, -0.25) is 9.80 Å². The third-order valence-electron chi connectivity index (χ3n) is 7.24. The summed E-state index contributed by atoms with van der Waals surface area (Å²) in [5.74, 6) is 3.39.